The fraction of sp³-hybridized carbons (Fsp3) is 0.455. The SMILES string of the molecule is NC[C@@H]1CCN(Cc2ccccc2)S1(=O)=O. The van der Waals surface area contributed by atoms with Crippen LogP contribution in [0.25, 0.3) is 0 Å². The molecule has 0 amide bonds. The third-order valence-electron chi connectivity index (χ3n) is 2.95. The molecule has 1 aromatic rings. The third-order valence-corrected chi connectivity index (χ3v) is 5.25. The maximum atomic E-state index is 12.0. The minimum Gasteiger partial charge on any atom is -0.329 e. The summed E-state index contributed by atoms with van der Waals surface area (Å²) in [6.07, 6.45) is 0.645. The molecule has 5 heteroatoms. The van der Waals surface area contributed by atoms with Crippen LogP contribution in [-0.2, 0) is 16.6 Å². The van der Waals surface area contributed by atoms with Gasteiger partial charge in [-0.2, -0.15) is 4.31 Å². The zero-order valence-electron chi connectivity index (χ0n) is 9.04. The molecular weight excluding hydrogens is 224 g/mol. The Morgan fingerprint density at radius 3 is 2.56 bits per heavy atom. The van der Waals surface area contributed by atoms with E-state index in [-0.39, 0.29) is 6.54 Å². The predicted molar refractivity (Wildman–Crippen MR) is 63.2 cm³/mol. The number of benzene rings is 1. The Hall–Kier alpha value is -0.910. The number of hydrogen-bond donors (Lipinski definition) is 1. The third kappa shape index (κ3) is 2.11. The van der Waals surface area contributed by atoms with E-state index in [1.165, 1.54) is 4.31 Å². The Bertz CT molecular complexity index is 444. The molecule has 88 valence electrons. The van der Waals surface area contributed by atoms with Gasteiger partial charge < -0.3 is 5.73 Å². The molecule has 16 heavy (non-hydrogen) atoms. The van der Waals surface area contributed by atoms with Crippen molar-refractivity contribution in [3.8, 4) is 0 Å². The molecule has 1 aromatic carbocycles. The molecule has 4 nitrogen and oxygen atoms in total. The number of rotatable bonds is 3. The summed E-state index contributed by atoms with van der Waals surface area (Å²) in [5, 5.41) is -0.392. The van der Waals surface area contributed by atoms with Crippen molar-refractivity contribution in [2.24, 2.45) is 5.73 Å². The Kier molecular flexibility index (Phi) is 3.28. The highest BCUT2D eigenvalue weighted by Gasteiger charge is 2.37. The Labute approximate surface area is 96.1 Å². The maximum absolute atomic E-state index is 12.0. The van der Waals surface area contributed by atoms with E-state index in [1.807, 2.05) is 30.3 Å². The molecular formula is C11H16N2O2S. The second-order valence-corrected chi connectivity index (χ2v) is 6.22. The molecule has 1 atom stereocenters. The summed E-state index contributed by atoms with van der Waals surface area (Å²) >= 11 is 0. The first-order valence-electron chi connectivity index (χ1n) is 5.37. The van der Waals surface area contributed by atoms with Crippen molar-refractivity contribution >= 4 is 10.0 Å². The summed E-state index contributed by atoms with van der Waals surface area (Å²) < 4.78 is 25.5. The highest BCUT2D eigenvalue weighted by atomic mass is 32.2. The summed E-state index contributed by atoms with van der Waals surface area (Å²) in [5.41, 5.74) is 6.48. The molecule has 1 fully saturated rings. The largest absolute Gasteiger partial charge is 0.329 e. The first kappa shape index (κ1) is 11.6. The van der Waals surface area contributed by atoms with Gasteiger partial charge in [-0.3, -0.25) is 0 Å². The number of nitrogens with zero attached hydrogens (tertiary/aromatic N) is 1. The fourth-order valence-electron chi connectivity index (χ4n) is 1.97. The molecule has 1 heterocycles. The number of hydrogen-bond acceptors (Lipinski definition) is 3. The van der Waals surface area contributed by atoms with Crippen LogP contribution < -0.4 is 5.73 Å². The van der Waals surface area contributed by atoms with Crippen LogP contribution in [0.3, 0.4) is 0 Å². The van der Waals surface area contributed by atoms with Crippen LogP contribution in [0.1, 0.15) is 12.0 Å². The van der Waals surface area contributed by atoms with Crippen LogP contribution in [0.4, 0.5) is 0 Å². The molecule has 0 saturated carbocycles. The average molecular weight is 240 g/mol. The minimum atomic E-state index is -3.17. The highest BCUT2D eigenvalue weighted by molar-refractivity contribution is 7.90. The van der Waals surface area contributed by atoms with E-state index in [9.17, 15) is 8.42 Å². The lowest BCUT2D eigenvalue weighted by atomic mass is 10.2. The first-order chi connectivity index (χ1) is 7.64. The average Bonchev–Trinajstić information content (AvgIpc) is 2.56. The van der Waals surface area contributed by atoms with Crippen molar-refractivity contribution in [2.45, 2.75) is 18.2 Å². The molecule has 0 aromatic heterocycles. The lowest BCUT2D eigenvalue weighted by Crippen LogP contribution is -2.32. The smallest absolute Gasteiger partial charge is 0.218 e. The van der Waals surface area contributed by atoms with Gasteiger partial charge in [-0.05, 0) is 12.0 Å². The van der Waals surface area contributed by atoms with Gasteiger partial charge in [-0.1, -0.05) is 30.3 Å². The van der Waals surface area contributed by atoms with Crippen molar-refractivity contribution in [3.05, 3.63) is 35.9 Å². The van der Waals surface area contributed by atoms with Crippen molar-refractivity contribution in [1.82, 2.24) is 4.31 Å². The van der Waals surface area contributed by atoms with Gasteiger partial charge >= 0.3 is 0 Å². The summed E-state index contributed by atoms with van der Waals surface area (Å²) in [6, 6.07) is 9.62. The molecule has 0 aliphatic carbocycles. The quantitative estimate of drug-likeness (QED) is 0.839. The Morgan fingerprint density at radius 1 is 1.31 bits per heavy atom. The molecule has 0 unspecified atom stereocenters. The van der Waals surface area contributed by atoms with Gasteiger partial charge in [0.25, 0.3) is 0 Å². The first-order valence-corrected chi connectivity index (χ1v) is 6.88. The second kappa shape index (κ2) is 4.53. The maximum Gasteiger partial charge on any atom is 0.218 e. The van der Waals surface area contributed by atoms with Crippen molar-refractivity contribution < 1.29 is 8.42 Å². The second-order valence-electron chi connectivity index (χ2n) is 4.01. The van der Waals surface area contributed by atoms with Crippen LogP contribution in [0.15, 0.2) is 30.3 Å². The van der Waals surface area contributed by atoms with E-state index in [0.29, 0.717) is 19.5 Å². The molecule has 0 radical (unpaired) electrons. The topological polar surface area (TPSA) is 63.4 Å². The molecule has 0 bridgehead atoms. The zero-order chi connectivity index (χ0) is 11.6. The van der Waals surface area contributed by atoms with Gasteiger partial charge in [-0.15, -0.1) is 0 Å². The van der Waals surface area contributed by atoms with Gasteiger partial charge in [0.05, 0.1) is 5.25 Å². The molecule has 1 saturated heterocycles. The summed E-state index contributed by atoms with van der Waals surface area (Å²) in [7, 11) is -3.17. The molecule has 2 N–H and O–H groups in total. The Balaban J connectivity index is 2.13. The molecule has 2 rings (SSSR count). The van der Waals surface area contributed by atoms with E-state index >= 15 is 0 Å². The van der Waals surface area contributed by atoms with E-state index in [1.54, 1.807) is 0 Å². The monoisotopic (exact) mass is 240 g/mol. The molecule has 1 aliphatic rings. The van der Waals surface area contributed by atoms with Crippen molar-refractivity contribution in [1.29, 1.82) is 0 Å². The van der Waals surface area contributed by atoms with Crippen LogP contribution in [0, 0.1) is 0 Å². The highest BCUT2D eigenvalue weighted by Crippen LogP contribution is 2.23. The normalized spacial score (nSPS) is 24.7. The van der Waals surface area contributed by atoms with Crippen LogP contribution >= 0.6 is 0 Å². The Morgan fingerprint density at radius 2 is 2.00 bits per heavy atom. The minimum absolute atomic E-state index is 0.216. The summed E-state index contributed by atoms with van der Waals surface area (Å²) in [4.78, 5) is 0. The van der Waals surface area contributed by atoms with Crippen LogP contribution in [-0.4, -0.2) is 31.1 Å². The fourth-order valence-corrected chi connectivity index (χ4v) is 3.73. The van der Waals surface area contributed by atoms with E-state index in [2.05, 4.69) is 0 Å². The lowest BCUT2D eigenvalue weighted by Gasteiger charge is -2.16. The van der Waals surface area contributed by atoms with Gasteiger partial charge in [-0.25, -0.2) is 8.42 Å². The van der Waals surface area contributed by atoms with E-state index in [0.717, 1.165) is 5.56 Å². The van der Waals surface area contributed by atoms with E-state index < -0.39 is 15.3 Å². The zero-order valence-corrected chi connectivity index (χ0v) is 9.86. The molecule has 1 aliphatic heterocycles. The van der Waals surface area contributed by atoms with Crippen molar-refractivity contribution in [2.75, 3.05) is 13.1 Å². The lowest BCUT2D eigenvalue weighted by molar-refractivity contribution is 0.440. The van der Waals surface area contributed by atoms with Crippen molar-refractivity contribution in [3.63, 3.8) is 0 Å². The van der Waals surface area contributed by atoms with Gasteiger partial charge in [0, 0.05) is 19.6 Å². The van der Waals surface area contributed by atoms with Gasteiger partial charge in [0.15, 0.2) is 0 Å². The van der Waals surface area contributed by atoms with Gasteiger partial charge in [0.2, 0.25) is 10.0 Å². The summed E-state index contributed by atoms with van der Waals surface area (Å²) in [6.45, 7) is 1.26. The number of sulfonamides is 1. The standard InChI is InChI=1S/C11H16N2O2S/c12-8-11-6-7-13(16(11,14)15)9-10-4-2-1-3-5-10/h1-5,11H,6-9,12H2/t11-/m0/s1. The summed E-state index contributed by atoms with van der Waals surface area (Å²) in [5.74, 6) is 0. The van der Waals surface area contributed by atoms with Gasteiger partial charge in [0.1, 0.15) is 0 Å². The predicted octanol–water partition coefficient (Wildman–Crippen LogP) is 0.549. The van der Waals surface area contributed by atoms with E-state index in [4.69, 9.17) is 5.73 Å². The van der Waals surface area contributed by atoms with Crippen LogP contribution in [0.2, 0.25) is 0 Å². The van der Waals surface area contributed by atoms with Crippen LogP contribution in [0.5, 0.6) is 0 Å². The molecule has 0 spiro atoms. The number of nitrogens with two attached hydrogens (primary N) is 1.